The van der Waals surface area contributed by atoms with Gasteiger partial charge in [0, 0.05) is 13.2 Å². The summed E-state index contributed by atoms with van der Waals surface area (Å²) in [6.07, 6.45) is 4.85. The van der Waals surface area contributed by atoms with Crippen LogP contribution in [0.2, 0.25) is 0 Å². The molecular weight excluding hydrogens is 120 g/mol. The molecular formula is C5H8N2O2. The molecule has 0 aromatic heterocycles. The van der Waals surface area contributed by atoms with Gasteiger partial charge in [-0.3, -0.25) is 0 Å². The molecule has 9 heavy (non-hydrogen) atoms. The predicted octanol–water partition coefficient (Wildman–Crippen LogP) is -0.438. The highest BCUT2D eigenvalue weighted by Gasteiger charge is 2.02. The van der Waals surface area contributed by atoms with E-state index in [4.69, 9.17) is 12.2 Å². The number of hydrogen-bond donors (Lipinski definition) is 1. The molecule has 2 amide bonds. The summed E-state index contributed by atoms with van der Waals surface area (Å²) in [5.41, 5.74) is 4.80. The first-order valence-corrected chi connectivity index (χ1v) is 2.24. The van der Waals surface area contributed by atoms with E-state index in [-0.39, 0.29) is 6.73 Å². The van der Waals surface area contributed by atoms with E-state index in [1.54, 1.807) is 0 Å². The van der Waals surface area contributed by atoms with E-state index >= 15 is 0 Å². The van der Waals surface area contributed by atoms with E-state index in [0.29, 0.717) is 0 Å². The van der Waals surface area contributed by atoms with Crippen LogP contribution in [-0.4, -0.2) is 24.8 Å². The average molecular weight is 128 g/mol. The normalized spacial score (nSPS) is 8.00. The second-order valence-corrected chi connectivity index (χ2v) is 1.31. The van der Waals surface area contributed by atoms with Crippen molar-refractivity contribution in [1.82, 2.24) is 4.90 Å². The Morgan fingerprint density at radius 2 is 2.56 bits per heavy atom. The molecule has 0 saturated carbocycles. The van der Waals surface area contributed by atoms with Crippen molar-refractivity contribution in [1.29, 1.82) is 0 Å². The Bertz CT molecular complexity index is 138. The first kappa shape index (κ1) is 7.79. The smallest absolute Gasteiger partial charge is 0.328 e. The van der Waals surface area contributed by atoms with Crippen LogP contribution >= 0.6 is 0 Å². The number of carbonyl (C=O) groups excluding carboxylic acids is 1. The number of methoxy groups -OCH3 is 1. The number of terminal acetylenes is 1. The summed E-state index contributed by atoms with van der Waals surface area (Å²) in [5.74, 6) is 0. The topological polar surface area (TPSA) is 55.6 Å². The molecule has 4 nitrogen and oxygen atoms in total. The molecule has 0 heterocycles. The summed E-state index contributed by atoms with van der Waals surface area (Å²) in [7, 11) is 1.42. The number of primary amides is 1. The van der Waals surface area contributed by atoms with Crippen LogP contribution in [0.15, 0.2) is 0 Å². The lowest BCUT2D eigenvalue weighted by atomic mass is 10.8. The third-order valence-electron chi connectivity index (χ3n) is 0.680. The van der Waals surface area contributed by atoms with E-state index in [2.05, 4.69) is 4.74 Å². The standard InChI is InChI=1S/C5H8N2O2/c1-3-7(4-9-2)5(6)8/h1H,4H2,2H3,(H2,6,8). The maximum atomic E-state index is 10.2. The molecule has 50 valence electrons. The number of nitrogens with two attached hydrogens (primary N) is 1. The number of rotatable bonds is 2. The van der Waals surface area contributed by atoms with Gasteiger partial charge >= 0.3 is 6.03 Å². The zero-order valence-corrected chi connectivity index (χ0v) is 5.13. The number of hydrogen-bond acceptors (Lipinski definition) is 2. The molecule has 0 aliphatic heterocycles. The summed E-state index contributed by atoms with van der Waals surface area (Å²) in [6, 6.07) is 1.36. The van der Waals surface area contributed by atoms with Crippen molar-refractivity contribution in [3.8, 4) is 12.5 Å². The summed E-state index contributed by atoms with van der Waals surface area (Å²) < 4.78 is 4.54. The zero-order chi connectivity index (χ0) is 7.28. The van der Waals surface area contributed by atoms with Crippen LogP contribution in [0.4, 0.5) is 4.79 Å². The van der Waals surface area contributed by atoms with Crippen LogP contribution in [0.1, 0.15) is 0 Å². The van der Waals surface area contributed by atoms with Gasteiger partial charge in [-0.15, -0.1) is 0 Å². The van der Waals surface area contributed by atoms with Crippen LogP contribution in [0.5, 0.6) is 0 Å². The van der Waals surface area contributed by atoms with Gasteiger partial charge in [0.25, 0.3) is 0 Å². The fourth-order valence-corrected chi connectivity index (χ4v) is 0.294. The summed E-state index contributed by atoms with van der Waals surface area (Å²) in [5, 5.41) is 0. The minimum Gasteiger partial charge on any atom is -0.363 e. The van der Waals surface area contributed by atoms with E-state index in [1.165, 1.54) is 7.11 Å². The van der Waals surface area contributed by atoms with E-state index in [0.717, 1.165) is 4.90 Å². The molecule has 0 aromatic rings. The molecule has 4 heteroatoms. The number of carbonyl (C=O) groups is 1. The quantitative estimate of drug-likeness (QED) is 0.311. The van der Waals surface area contributed by atoms with Gasteiger partial charge < -0.3 is 10.5 Å². The lowest BCUT2D eigenvalue weighted by Gasteiger charge is -2.09. The summed E-state index contributed by atoms with van der Waals surface area (Å²) >= 11 is 0. The van der Waals surface area contributed by atoms with E-state index in [9.17, 15) is 4.79 Å². The van der Waals surface area contributed by atoms with E-state index in [1.807, 2.05) is 6.04 Å². The highest BCUT2D eigenvalue weighted by atomic mass is 16.5. The molecule has 0 fully saturated rings. The molecule has 0 spiro atoms. The second kappa shape index (κ2) is 3.75. The lowest BCUT2D eigenvalue weighted by molar-refractivity contribution is 0.117. The van der Waals surface area contributed by atoms with Gasteiger partial charge in [0.15, 0.2) is 0 Å². The number of amides is 2. The van der Waals surface area contributed by atoms with Crippen LogP contribution in [-0.2, 0) is 4.74 Å². The van der Waals surface area contributed by atoms with Crippen LogP contribution in [0, 0.1) is 12.5 Å². The zero-order valence-electron chi connectivity index (χ0n) is 5.13. The minimum absolute atomic E-state index is 0.0336. The van der Waals surface area contributed by atoms with Crippen LogP contribution in [0.3, 0.4) is 0 Å². The van der Waals surface area contributed by atoms with Gasteiger partial charge in [-0.05, 0) is 0 Å². The van der Waals surface area contributed by atoms with Crippen molar-refractivity contribution in [2.24, 2.45) is 5.73 Å². The second-order valence-electron chi connectivity index (χ2n) is 1.31. The Kier molecular flexibility index (Phi) is 3.25. The Balaban J connectivity index is 3.72. The molecule has 0 aliphatic carbocycles. The molecule has 0 aliphatic rings. The van der Waals surface area contributed by atoms with Gasteiger partial charge in [0.05, 0.1) is 0 Å². The van der Waals surface area contributed by atoms with Crippen LogP contribution in [0.25, 0.3) is 0 Å². The summed E-state index contributed by atoms with van der Waals surface area (Å²) in [4.78, 5) is 11.2. The number of ether oxygens (including phenoxy) is 1. The molecule has 0 bridgehead atoms. The summed E-state index contributed by atoms with van der Waals surface area (Å²) in [6.45, 7) is 0.0336. The van der Waals surface area contributed by atoms with Crippen molar-refractivity contribution in [2.75, 3.05) is 13.8 Å². The fourth-order valence-electron chi connectivity index (χ4n) is 0.294. The molecule has 0 rings (SSSR count). The predicted molar refractivity (Wildman–Crippen MR) is 32.1 cm³/mol. The fraction of sp³-hybridized carbons (Fsp3) is 0.400. The van der Waals surface area contributed by atoms with Gasteiger partial charge in [-0.25, -0.2) is 9.69 Å². The van der Waals surface area contributed by atoms with Crippen LogP contribution < -0.4 is 5.73 Å². The van der Waals surface area contributed by atoms with Crippen molar-refractivity contribution < 1.29 is 9.53 Å². The average Bonchev–Trinajstić information content (AvgIpc) is 1.82. The molecule has 0 saturated heterocycles. The first-order chi connectivity index (χ1) is 4.22. The molecule has 0 atom stereocenters. The Morgan fingerprint density at radius 3 is 2.67 bits per heavy atom. The maximum absolute atomic E-state index is 10.2. The highest BCUT2D eigenvalue weighted by Crippen LogP contribution is 1.81. The third-order valence-corrected chi connectivity index (χ3v) is 0.680. The number of nitrogens with zero attached hydrogens (tertiary/aromatic N) is 1. The van der Waals surface area contributed by atoms with Crippen molar-refractivity contribution in [3.05, 3.63) is 0 Å². The van der Waals surface area contributed by atoms with Gasteiger partial charge in [-0.2, -0.15) is 0 Å². The SMILES string of the molecule is C#CN(COC)C(N)=O. The molecule has 0 radical (unpaired) electrons. The Hall–Kier alpha value is -1.21. The van der Waals surface area contributed by atoms with Crippen molar-refractivity contribution in [2.45, 2.75) is 0 Å². The molecule has 0 aromatic carbocycles. The van der Waals surface area contributed by atoms with Gasteiger partial charge in [0.1, 0.15) is 6.73 Å². The first-order valence-electron chi connectivity index (χ1n) is 2.24. The third kappa shape index (κ3) is 2.57. The van der Waals surface area contributed by atoms with Crippen molar-refractivity contribution >= 4 is 6.03 Å². The van der Waals surface area contributed by atoms with Gasteiger partial charge in [-0.1, -0.05) is 6.42 Å². The number of urea groups is 1. The van der Waals surface area contributed by atoms with Gasteiger partial charge in [0.2, 0.25) is 0 Å². The Morgan fingerprint density at radius 1 is 2.00 bits per heavy atom. The molecule has 0 unspecified atom stereocenters. The lowest BCUT2D eigenvalue weighted by Crippen LogP contribution is -2.32. The largest absolute Gasteiger partial charge is 0.363 e. The highest BCUT2D eigenvalue weighted by molar-refractivity contribution is 5.73. The monoisotopic (exact) mass is 128 g/mol. The van der Waals surface area contributed by atoms with E-state index < -0.39 is 6.03 Å². The maximum Gasteiger partial charge on any atom is 0.328 e. The molecule has 2 N–H and O–H groups in total. The van der Waals surface area contributed by atoms with Crippen molar-refractivity contribution in [3.63, 3.8) is 0 Å². The Labute approximate surface area is 53.6 Å². The minimum atomic E-state index is -0.681.